The Morgan fingerprint density at radius 2 is 2.62 bits per heavy atom. The molecule has 0 spiro atoms. The molecule has 5 nitrogen and oxygen atoms in total. The van der Waals surface area contributed by atoms with Crippen molar-refractivity contribution in [2.75, 3.05) is 13.1 Å². The first-order valence-corrected chi connectivity index (χ1v) is 5.70. The van der Waals surface area contributed by atoms with Gasteiger partial charge in [-0.05, 0) is 32.7 Å². The minimum absolute atomic E-state index is 0.173. The summed E-state index contributed by atoms with van der Waals surface area (Å²) in [7, 11) is 0. The number of hydrogen-bond acceptors (Lipinski definition) is 4. The fraction of sp³-hybridized carbons (Fsp3) is 0.636. The van der Waals surface area contributed by atoms with Crippen molar-refractivity contribution in [2.45, 2.75) is 32.2 Å². The maximum atomic E-state index is 11.6. The molecule has 0 radical (unpaired) electrons. The van der Waals surface area contributed by atoms with Crippen molar-refractivity contribution < 1.29 is 9.32 Å². The van der Waals surface area contributed by atoms with Crippen molar-refractivity contribution in [2.24, 2.45) is 0 Å². The molecule has 0 aromatic carbocycles. The van der Waals surface area contributed by atoms with Crippen molar-refractivity contribution in [3.05, 3.63) is 17.5 Å². The van der Waals surface area contributed by atoms with E-state index in [1.807, 2.05) is 6.92 Å². The molecule has 1 aliphatic rings. The number of nitrogens with zero attached hydrogens (tertiary/aromatic N) is 1. The van der Waals surface area contributed by atoms with Gasteiger partial charge >= 0.3 is 0 Å². The van der Waals surface area contributed by atoms with Crippen molar-refractivity contribution in [3.63, 3.8) is 0 Å². The Bertz CT molecular complexity index is 356. The fourth-order valence-corrected chi connectivity index (χ4v) is 1.95. The van der Waals surface area contributed by atoms with Crippen molar-refractivity contribution in [1.82, 2.24) is 15.8 Å². The zero-order valence-electron chi connectivity index (χ0n) is 9.45. The zero-order valence-corrected chi connectivity index (χ0v) is 9.45. The average molecular weight is 223 g/mol. The second-order valence-corrected chi connectivity index (χ2v) is 4.18. The molecule has 2 N–H and O–H groups in total. The van der Waals surface area contributed by atoms with Crippen LogP contribution in [0.5, 0.6) is 0 Å². The molecule has 2 rings (SSSR count). The van der Waals surface area contributed by atoms with Crippen LogP contribution in [0.15, 0.2) is 10.7 Å². The van der Waals surface area contributed by atoms with Crippen LogP contribution in [0.2, 0.25) is 0 Å². The van der Waals surface area contributed by atoms with Crippen LogP contribution in [0.1, 0.15) is 35.4 Å². The van der Waals surface area contributed by atoms with E-state index >= 15 is 0 Å². The minimum Gasteiger partial charge on any atom is -0.351 e. The van der Waals surface area contributed by atoms with Gasteiger partial charge < -0.3 is 15.2 Å². The van der Waals surface area contributed by atoms with Gasteiger partial charge in [0, 0.05) is 18.2 Å². The molecular weight excluding hydrogens is 206 g/mol. The third kappa shape index (κ3) is 2.61. The highest BCUT2D eigenvalue weighted by atomic mass is 16.5. The van der Waals surface area contributed by atoms with Gasteiger partial charge in [0.05, 0.1) is 6.20 Å². The highest BCUT2D eigenvalue weighted by Gasteiger charge is 2.16. The quantitative estimate of drug-likeness (QED) is 0.794. The van der Waals surface area contributed by atoms with E-state index in [0.29, 0.717) is 18.3 Å². The van der Waals surface area contributed by atoms with Crippen molar-refractivity contribution in [3.8, 4) is 0 Å². The van der Waals surface area contributed by atoms with Crippen LogP contribution < -0.4 is 10.6 Å². The smallest absolute Gasteiger partial charge is 0.290 e. The molecule has 16 heavy (non-hydrogen) atoms. The number of aryl methyl sites for hydroxylation is 1. The standard InChI is InChI=1S/C11H17N3O2/c1-8-7-14-16-10(8)11(15)13-6-4-9-3-2-5-12-9/h7,9,12H,2-6H2,1H3,(H,13,15)/t9-/m1/s1. The summed E-state index contributed by atoms with van der Waals surface area (Å²) in [4.78, 5) is 11.6. The van der Waals surface area contributed by atoms with E-state index in [1.54, 1.807) is 6.20 Å². The van der Waals surface area contributed by atoms with Crippen LogP contribution in [0.25, 0.3) is 0 Å². The molecule has 2 heterocycles. The molecule has 1 saturated heterocycles. The van der Waals surface area contributed by atoms with E-state index in [1.165, 1.54) is 12.8 Å². The van der Waals surface area contributed by atoms with Gasteiger partial charge in [0.15, 0.2) is 0 Å². The average Bonchev–Trinajstić information content (AvgIpc) is 2.88. The third-order valence-electron chi connectivity index (χ3n) is 2.90. The highest BCUT2D eigenvalue weighted by Crippen LogP contribution is 2.08. The SMILES string of the molecule is Cc1cnoc1C(=O)NCC[C@H]1CCCN1. The first kappa shape index (κ1) is 11.1. The van der Waals surface area contributed by atoms with Gasteiger partial charge in [0.1, 0.15) is 0 Å². The largest absolute Gasteiger partial charge is 0.351 e. The topological polar surface area (TPSA) is 67.2 Å². The lowest BCUT2D eigenvalue weighted by atomic mass is 10.1. The van der Waals surface area contributed by atoms with Crippen LogP contribution in [0.4, 0.5) is 0 Å². The number of amides is 1. The van der Waals surface area contributed by atoms with E-state index in [-0.39, 0.29) is 5.91 Å². The van der Waals surface area contributed by atoms with Gasteiger partial charge in [-0.3, -0.25) is 4.79 Å². The molecule has 0 bridgehead atoms. The highest BCUT2D eigenvalue weighted by molar-refractivity contribution is 5.92. The van der Waals surface area contributed by atoms with E-state index in [4.69, 9.17) is 4.52 Å². The molecule has 1 fully saturated rings. The number of nitrogens with one attached hydrogen (secondary N) is 2. The van der Waals surface area contributed by atoms with Crippen LogP contribution in [0.3, 0.4) is 0 Å². The Balaban J connectivity index is 1.73. The molecule has 0 saturated carbocycles. The summed E-state index contributed by atoms with van der Waals surface area (Å²) in [6, 6.07) is 0.552. The second-order valence-electron chi connectivity index (χ2n) is 4.18. The van der Waals surface area contributed by atoms with E-state index in [2.05, 4.69) is 15.8 Å². The van der Waals surface area contributed by atoms with Gasteiger partial charge in [0.25, 0.3) is 5.91 Å². The number of hydrogen-bond donors (Lipinski definition) is 2. The molecule has 88 valence electrons. The normalized spacial score (nSPS) is 19.9. The molecule has 1 atom stereocenters. The summed E-state index contributed by atoms with van der Waals surface area (Å²) >= 11 is 0. The summed E-state index contributed by atoms with van der Waals surface area (Å²) in [6.07, 6.45) is 4.96. The number of rotatable bonds is 4. The van der Waals surface area contributed by atoms with Gasteiger partial charge in [-0.2, -0.15) is 0 Å². The lowest BCUT2D eigenvalue weighted by Gasteiger charge is -2.09. The minimum atomic E-state index is -0.173. The third-order valence-corrected chi connectivity index (χ3v) is 2.90. The zero-order chi connectivity index (χ0) is 11.4. The van der Waals surface area contributed by atoms with Gasteiger partial charge in [0.2, 0.25) is 5.76 Å². The number of carbonyl (C=O) groups is 1. The molecule has 0 unspecified atom stereocenters. The predicted octanol–water partition coefficient (Wildman–Crippen LogP) is 0.855. The Labute approximate surface area is 94.6 Å². The Morgan fingerprint density at radius 1 is 1.75 bits per heavy atom. The molecule has 0 aliphatic carbocycles. The maximum Gasteiger partial charge on any atom is 0.290 e. The van der Waals surface area contributed by atoms with Gasteiger partial charge in [-0.15, -0.1) is 0 Å². The second kappa shape index (κ2) is 5.12. The fourth-order valence-electron chi connectivity index (χ4n) is 1.95. The van der Waals surface area contributed by atoms with Gasteiger partial charge in [-0.25, -0.2) is 0 Å². The lowest BCUT2D eigenvalue weighted by Crippen LogP contribution is -2.30. The maximum absolute atomic E-state index is 11.6. The molecule has 5 heteroatoms. The Morgan fingerprint density at radius 3 is 3.25 bits per heavy atom. The lowest BCUT2D eigenvalue weighted by molar-refractivity contribution is 0.0914. The summed E-state index contributed by atoms with van der Waals surface area (Å²) in [6.45, 7) is 3.58. The van der Waals surface area contributed by atoms with Crippen molar-refractivity contribution in [1.29, 1.82) is 0 Å². The first-order valence-electron chi connectivity index (χ1n) is 5.70. The molecule has 1 aliphatic heterocycles. The number of carbonyl (C=O) groups excluding carboxylic acids is 1. The van der Waals surface area contributed by atoms with E-state index < -0.39 is 0 Å². The van der Waals surface area contributed by atoms with E-state index in [0.717, 1.165) is 18.5 Å². The van der Waals surface area contributed by atoms with Crippen LogP contribution >= 0.6 is 0 Å². The van der Waals surface area contributed by atoms with Gasteiger partial charge in [-0.1, -0.05) is 5.16 Å². The van der Waals surface area contributed by atoms with E-state index in [9.17, 15) is 4.79 Å². The van der Waals surface area contributed by atoms with Crippen LogP contribution in [0, 0.1) is 6.92 Å². The van der Waals surface area contributed by atoms with Crippen LogP contribution in [-0.2, 0) is 0 Å². The predicted molar refractivity (Wildman–Crippen MR) is 59.2 cm³/mol. The molecule has 1 amide bonds. The molecular formula is C11H17N3O2. The Hall–Kier alpha value is -1.36. The summed E-state index contributed by atoms with van der Waals surface area (Å²) in [5.74, 6) is 0.146. The van der Waals surface area contributed by atoms with Crippen molar-refractivity contribution >= 4 is 5.91 Å². The monoisotopic (exact) mass is 223 g/mol. The summed E-state index contributed by atoms with van der Waals surface area (Å²) in [5, 5.41) is 9.81. The molecule has 1 aromatic heterocycles. The van der Waals surface area contributed by atoms with Crippen LogP contribution in [-0.4, -0.2) is 30.2 Å². The summed E-state index contributed by atoms with van der Waals surface area (Å²) < 4.78 is 4.87. The Kier molecular flexibility index (Phi) is 3.56. The summed E-state index contributed by atoms with van der Waals surface area (Å²) in [5.41, 5.74) is 0.775. The first-order chi connectivity index (χ1) is 7.77. The number of aromatic nitrogens is 1. The molecule has 1 aromatic rings.